The number of rotatable bonds is 4. The molecule has 0 aliphatic carbocycles. The van der Waals surface area contributed by atoms with Gasteiger partial charge >= 0.3 is 0 Å². The van der Waals surface area contributed by atoms with Crippen LogP contribution in [0, 0.1) is 11.3 Å². The number of nitriles is 1. The molecular weight excluding hydrogens is 258 g/mol. The number of hydrogen-bond donors (Lipinski definition) is 3. The number of aliphatic hydroxyl groups is 1. The Labute approximate surface area is 115 Å². The maximum atomic E-state index is 11.9. The van der Waals surface area contributed by atoms with E-state index in [1.165, 1.54) is 6.92 Å². The quantitative estimate of drug-likeness (QED) is 0.331. The van der Waals surface area contributed by atoms with Crippen LogP contribution in [0.5, 0.6) is 0 Å². The highest BCUT2D eigenvalue weighted by atomic mass is 16.3. The highest BCUT2D eigenvalue weighted by Gasteiger charge is 2.20. The lowest BCUT2D eigenvalue weighted by atomic mass is 10.1. The van der Waals surface area contributed by atoms with Crippen molar-refractivity contribution in [3.63, 3.8) is 0 Å². The van der Waals surface area contributed by atoms with Crippen LogP contribution in [0.4, 0.5) is 5.69 Å². The maximum absolute atomic E-state index is 11.9. The zero-order valence-corrected chi connectivity index (χ0v) is 10.8. The normalized spacial score (nSPS) is 12.1. The highest BCUT2D eigenvalue weighted by Crippen LogP contribution is 2.14. The number of nitrogens with zero attached hydrogens (tertiary/aromatic N) is 1. The summed E-state index contributed by atoms with van der Waals surface area (Å²) < 4.78 is 0. The van der Waals surface area contributed by atoms with Gasteiger partial charge < -0.3 is 16.2 Å². The third-order valence-electron chi connectivity index (χ3n) is 2.41. The zero-order valence-electron chi connectivity index (χ0n) is 10.8. The highest BCUT2D eigenvalue weighted by molar-refractivity contribution is 6.09. The molecule has 4 N–H and O–H groups in total. The Balaban J connectivity index is 3.10. The molecule has 6 nitrogen and oxygen atoms in total. The van der Waals surface area contributed by atoms with Gasteiger partial charge in [0.1, 0.15) is 6.07 Å². The molecule has 1 aromatic carbocycles. The fraction of sp³-hybridized carbons (Fsp3) is 0.0714. The number of para-hydroxylation sites is 1. The van der Waals surface area contributed by atoms with Gasteiger partial charge in [-0.05, 0) is 19.1 Å². The molecule has 1 rings (SSSR count). The van der Waals surface area contributed by atoms with E-state index >= 15 is 0 Å². The van der Waals surface area contributed by atoms with E-state index in [1.54, 1.807) is 36.4 Å². The molecule has 0 saturated heterocycles. The van der Waals surface area contributed by atoms with E-state index in [4.69, 9.17) is 11.0 Å². The number of nitrogens with two attached hydrogens (primary N) is 1. The van der Waals surface area contributed by atoms with E-state index in [9.17, 15) is 14.7 Å². The van der Waals surface area contributed by atoms with Crippen LogP contribution in [0.3, 0.4) is 0 Å². The van der Waals surface area contributed by atoms with E-state index in [0.29, 0.717) is 5.69 Å². The van der Waals surface area contributed by atoms with Crippen molar-refractivity contribution in [2.75, 3.05) is 5.32 Å². The fourth-order valence-electron chi connectivity index (χ4n) is 1.42. The summed E-state index contributed by atoms with van der Waals surface area (Å²) in [6, 6.07) is 9.96. The lowest BCUT2D eigenvalue weighted by molar-refractivity contribution is -0.113. The summed E-state index contributed by atoms with van der Waals surface area (Å²) in [6.07, 6.45) is 0.852. The van der Waals surface area contributed by atoms with Gasteiger partial charge in [-0.1, -0.05) is 18.2 Å². The second kappa shape index (κ2) is 6.75. The van der Waals surface area contributed by atoms with Crippen molar-refractivity contribution in [1.29, 1.82) is 5.26 Å². The topological polar surface area (TPSA) is 116 Å². The molecule has 6 heteroatoms. The van der Waals surface area contributed by atoms with Crippen molar-refractivity contribution in [2.24, 2.45) is 5.73 Å². The van der Waals surface area contributed by atoms with Crippen molar-refractivity contribution in [3.05, 3.63) is 53.4 Å². The molecule has 102 valence electrons. The van der Waals surface area contributed by atoms with E-state index in [0.717, 1.165) is 6.20 Å². The van der Waals surface area contributed by atoms with Crippen molar-refractivity contribution in [1.82, 2.24) is 0 Å². The first kappa shape index (κ1) is 15.0. The summed E-state index contributed by atoms with van der Waals surface area (Å²) in [5, 5.41) is 21.2. The van der Waals surface area contributed by atoms with Crippen LogP contribution in [-0.4, -0.2) is 16.8 Å². The van der Waals surface area contributed by atoms with Gasteiger partial charge in [-0.2, -0.15) is 5.26 Å². The Kier molecular flexibility index (Phi) is 5.06. The molecule has 0 atom stereocenters. The predicted octanol–water partition coefficient (Wildman–Crippen LogP) is 1.39. The predicted molar refractivity (Wildman–Crippen MR) is 73.3 cm³/mol. The third-order valence-corrected chi connectivity index (χ3v) is 2.41. The van der Waals surface area contributed by atoms with Crippen molar-refractivity contribution in [3.8, 4) is 6.07 Å². The van der Waals surface area contributed by atoms with Crippen molar-refractivity contribution in [2.45, 2.75) is 6.92 Å². The number of nitrogens with one attached hydrogen (secondary N) is 1. The van der Waals surface area contributed by atoms with Gasteiger partial charge in [0.05, 0.1) is 5.57 Å². The minimum atomic E-state index is -0.822. The van der Waals surface area contributed by atoms with Gasteiger partial charge in [-0.25, -0.2) is 0 Å². The number of aliphatic hydroxyl groups excluding tert-OH is 1. The first-order valence-electron chi connectivity index (χ1n) is 5.64. The van der Waals surface area contributed by atoms with E-state index in [1.807, 2.05) is 0 Å². The van der Waals surface area contributed by atoms with Gasteiger partial charge in [-0.3, -0.25) is 9.59 Å². The minimum Gasteiger partial charge on any atom is -0.506 e. The van der Waals surface area contributed by atoms with Crippen LogP contribution in [0.15, 0.2) is 53.4 Å². The SMILES string of the molecule is CC(=O)C(=C\N)/C(O)=C(\C#N)C(=O)Nc1ccccc1. The second-order valence-corrected chi connectivity index (χ2v) is 3.79. The second-order valence-electron chi connectivity index (χ2n) is 3.79. The summed E-state index contributed by atoms with van der Waals surface area (Å²) in [7, 11) is 0. The average Bonchev–Trinajstić information content (AvgIpc) is 2.41. The Morgan fingerprint density at radius 1 is 1.35 bits per heavy atom. The van der Waals surface area contributed by atoms with Crippen molar-refractivity contribution >= 4 is 17.4 Å². The van der Waals surface area contributed by atoms with Crippen molar-refractivity contribution < 1.29 is 14.7 Å². The first-order valence-corrected chi connectivity index (χ1v) is 5.64. The van der Waals surface area contributed by atoms with Crippen LogP contribution in [0.2, 0.25) is 0 Å². The number of benzene rings is 1. The molecular formula is C14H13N3O3. The molecule has 0 aliphatic rings. The number of hydrogen-bond acceptors (Lipinski definition) is 5. The largest absolute Gasteiger partial charge is 0.506 e. The molecule has 1 aromatic rings. The van der Waals surface area contributed by atoms with E-state index in [-0.39, 0.29) is 5.57 Å². The molecule has 0 fully saturated rings. The zero-order chi connectivity index (χ0) is 15.1. The first-order chi connectivity index (χ1) is 9.51. The lowest BCUT2D eigenvalue weighted by Gasteiger charge is -2.07. The fourth-order valence-corrected chi connectivity index (χ4v) is 1.42. The molecule has 0 saturated carbocycles. The van der Waals surface area contributed by atoms with Crippen LogP contribution in [0.1, 0.15) is 6.92 Å². The number of ketones is 1. The number of carbonyl (C=O) groups excluding carboxylic acids is 2. The summed E-state index contributed by atoms with van der Waals surface area (Å²) >= 11 is 0. The molecule has 1 amide bonds. The number of carbonyl (C=O) groups is 2. The van der Waals surface area contributed by atoms with Gasteiger partial charge in [0, 0.05) is 11.9 Å². The third kappa shape index (κ3) is 3.46. The minimum absolute atomic E-state index is 0.287. The maximum Gasteiger partial charge on any atom is 0.270 e. The summed E-state index contributed by atoms with van der Waals surface area (Å²) in [5.41, 5.74) is 4.79. The van der Waals surface area contributed by atoms with E-state index in [2.05, 4.69) is 5.32 Å². The van der Waals surface area contributed by atoms with Gasteiger partial charge in [-0.15, -0.1) is 0 Å². The van der Waals surface area contributed by atoms with E-state index < -0.39 is 23.0 Å². The molecule has 0 spiro atoms. The summed E-state index contributed by atoms with van der Waals surface area (Å²) in [4.78, 5) is 23.1. The molecule has 0 aromatic heterocycles. The van der Waals surface area contributed by atoms with Gasteiger partial charge in [0.2, 0.25) is 0 Å². The summed E-state index contributed by atoms with van der Waals surface area (Å²) in [5.74, 6) is -2.11. The lowest BCUT2D eigenvalue weighted by Crippen LogP contribution is -2.17. The van der Waals surface area contributed by atoms with Crippen LogP contribution in [-0.2, 0) is 9.59 Å². The molecule has 0 unspecified atom stereocenters. The molecule has 0 radical (unpaired) electrons. The molecule has 0 bridgehead atoms. The number of allylic oxidation sites excluding steroid dienone is 1. The molecule has 0 heterocycles. The standard InChI is InChI=1S/C14H13N3O3/c1-9(18)11(7-15)13(19)12(8-16)14(20)17-10-5-3-2-4-6-10/h2-7,19H,15H2,1H3,(H,17,20)/b11-7+,13-12-. The number of amides is 1. The van der Waals surface area contributed by atoms with Crippen LogP contribution >= 0.6 is 0 Å². The smallest absolute Gasteiger partial charge is 0.270 e. The Hall–Kier alpha value is -3.07. The summed E-state index contributed by atoms with van der Waals surface area (Å²) in [6.45, 7) is 1.17. The van der Waals surface area contributed by atoms with Crippen LogP contribution in [0.25, 0.3) is 0 Å². The molecule has 20 heavy (non-hydrogen) atoms. The Morgan fingerprint density at radius 3 is 2.40 bits per heavy atom. The number of anilines is 1. The molecule has 0 aliphatic heterocycles. The number of Topliss-reactive ketones (excluding diaryl/α,β-unsaturated/α-hetero) is 1. The Bertz CT molecular complexity index is 625. The van der Waals surface area contributed by atoms with Gasteiger partial charge in [0.15, 0.2) is 17.1 Å². The monoisotopic (exact) mass is 271 g/mol. The van der Waals surface area contributed by atoms with Crippen LogP contribution < -0.4 is 11.1 Å². The van der Waals surface area contributed by atoms with Gasteiger partial charge in [0.25, 0.3) is 5.91 Å². The average molecular weight is 271 g/mol. The Morgan fingerprint density at radius 2 is 1.95 bits per heavy atom.